The number of hydrogen-bond acceptors (Lipinski definition) is 3. The molecule has 0 spiro atoms. The summed E-state index contributed by atoms with van der Waals surface area (Å²) in [5.74, 6) is -0.0964. The number of aryl methyl sites for hydroxylation is 1. The van der Waals surface area contributed by atoms with Gasteiger partial charge in [0, 0.05) is 1.43 Å². The van der Waals surface area contributed by atoms with Gasteiger partial charge in [0.05, 0.1) is 6.54 Å². The molecule has 1 amide bonds. The highest BCUT2D eigenvalue weighted by Crippen LogP contribution is 2.05. The molecule has 0 atom stereocenters. The van der Waals surface area contributed by atoms with E-state index >= 15 is 0 Å². The molecule has 0 aliphatic carbocycles. The molecule has 1 aromatic carbocycles. The van der Waals surface area contributed by atoms with E-state index in [4.69, 9.17) is 4.74 Å². The minimum absolute atomic E-state index is 0. The van der Waals surface area contributed by atoms with Gasteiger partial charge in [0.1, 0.15) is 11.4 Å². The van der Waals surface area contributed by atoms with Crippen molar-refractivity contribution in [1.82, 2.24) is 5.32 Å². The van der Waals surface area contributed by atoms with Crippen molar-refractivity contribution in [3.8, 4) is 0 Å². The summed E-state index contributed by atoms with van der Waals surface area (Å²) in [6, 6.07) is 10.5. The monoisotopic (exact) mass is 281 g/mol. The van der Waals surface area contributed by atoms with Crippen LogP contribution in [0.2, 0.25) is 0 Å². The van der Waals surface area contributed by atoms with E-state index in [0.29, 0.717) is 0 Å². The second-order valence-electron chi connectivity index (χ2n) is 5.40. The predicted octanol–water partition coefficient (Wildman–Crippen LogP) is 3.60. The third-order valence-electron chi connectivity index (χ3n) is 2.13. The molecule has 0 saturated heterocycles. The largest absolute Gasteiger partial charge is 0.444 e. The van der Waals surface area contributed by atoms with Gasteiger partial charge in [-0.25, -0.2) is 4.79 Å². The van der Waals surface area contributed by atoms with Crippen LogP contribution in [0.1, 0.15) is 41.6 Å². The van der Waals surface area contributed by atoms with Crippen LogP contribution in [0.25, 0.3) is 0 Å². The van der Waals surface area contributed by atoms with Crippen LogP contribution >= 0.6 is 0 Å². The lowest BCUT2D eigenvalue weighted by molar-refractivity contribution is -0.116. The molecular weight excluding hydrogens is 254 g/mol. The first-order valence-corrected chi connectivity index (χ1v) is 6.74. The number of nitrogens with one attached hydrogen (secondary N) is 1. The molecule has 4 heteroatoms. The third kappa shape index (κ3) is 11.3. The van der Waals surface area contributed by atoms with Gasteiger partial charge in [-0.2, -0.15) is 0 Å². The van der Waals surface area contributed by atoms with Gasteiger partial charge in [0.25, 0.3) is 0 Å². The summed E-state index contributed by atoms with van der Waals surface area (Å²) in [6.07, 6.45) is 0.582. The Morgan fingerprint density at radius 2 is 1.75 bits per heavy atom. The van der Waals surface area contributed by atoms with Gasteiger partial charge >= 0.3 is 6.09 Å². The number of Topliss-reactive ketones (excluding diaryl/α,β-unsaturated/α-hetero) is 1. The van der Waals surface area contributed by atoms with E-state index in [1.807, 2.05) is 6.07 Å². The standard InChI is InChI=1S/C8H15NO3.C8H10.H2/c1-6(10)5-9-7(11)12-8(2,3)4;1-2-8-6-4-3-5-7-8;/h5H2,1-4H3,(H,9,11);3-7H,2H2,1H3;1H. The van der Waals surface area contributed by atoms with Gasteiger partial charge in [-0.3, -0.25) is 4.79 Å². The van der Waals surface area contributed by atoms with E-state index in [1.165, 1.54) is 12.5 Å². The van der Waals surface area contributed by atoms with Crippen molar-refractivity contribution in [3.05, 3.63) is 35.9 Å². The Bertz CT molecular complexity index is 413. The number of hydrogen-bond donors (Lipinski definition) is 1. The van der Waals surface area contributed by atoms with Crippen LogP contribution in [-0.2, 0) is 16.0 Å². The highest BCUT2D eigenvalue weighted by atomic mass is 16.6. The summed E-state index contributed by atoms with van der Waals surface area (Å²) in [5, 5.41) is 2.33. The minimum Gasteiger partial charge on any atom is -0.444 e. The van der Waals surface area contributed by atoms with Crippen LogP contribution in [0.5, 0.6) is 0 Å². The molecule has 114 valence electrons. The lowest BCUT2D eigenvalue weighted by atomic mass is 10.2. The first-order chi connectivity index (χ1) is 9.24. The first-order valence-electron chi connectivity index (χ1n) is 6.74. The van der Waals surface area contributed by atoms with E-state index in [9.17, 15) is 9.59 Å². The second-order valence-corrected chi connectivity index (χ2v) is 5.40. The molecule has 0 aromatic heterocycles. The van der Waals surface area contributed by atoms with Crippen LogP contribution in [0, 0.1) is 0 Å². The maximum Gasteiger partial charge on any atom is 0.408 e. The fourth-order valence-electron chi connectivity index (χ4n) is 1.22. The fourth-order valence-corrected chi connectivity index (χ4v) is 1.22. The lowest BCUT2D eigenvalue weighted by Crippen LogP contribution is -2.34. The van der Waals surface area contributed by atoms with Crippen molar-refractivity contribution >= 4 is 11.9 Å². The molecule has 1 N–H and O–H groups in total. The smallest absolute Gasteiger partial charge is 0.408 e. The van der Waals surface area contributed by atoms with E-state index < -0.39 is 11.7 Å². The predicted molar refractivity (Wildman–Crippen MR) is 82.9 cm³/mol. The second kappa shape index (κ2) is 9.13. The molecule has 1 aromatic rings. The summed E-state index contributed by atoms with van der Waals surface area (Å²) in [4.78, 5) is 21.3. The topological polar surface area (TPSA) is 55.4 Å². The SMILES string of the molecule is CC(=O)CNC(=O)OC(C)(C)C.CCc1ccccc1.[HH]. The molecule has 0 fully saturated rings. The summed E-state index contributed by atoms with van der Waals surface area (Å²) < 4.78 is 4.89. The van der Waals surface area contributed by atoms with Crippen molar-refractivity contribution in [2.45, 2.75) is 46.6 Å². The molecule has 20 heavy (non-hydrogen) atoms. The molecule has 0 aliphatic rings. The number of rotatable bonds is 3. The van der Waals surface area contributed by atoms with Crippen molar-refractivity contribution in [3.63, 3.8) is 0 Å². The summed E-state index contributed by atoms with van der Waals surface area (Å²) in [6.45, 7) is 8.88. The van der Waals surface area contributed by atoms with Gasteiger partial charge in [0.2, 0.25) is 0 Å². The van der Waals surface area contributed by atoms with Gasteiger partial charge in [-0.15, -0.1) is 0 Å². The van der Waals surface area contributed by atoms with Crippen molar-refractivity contribution in [2.24, 2.45) is 0 Å². The Morgan fingerprint density at radius 3 is 2.10 bits per heavy atom. The number of carbonyl (C=O) groups excluding carboxylic acids is 2. The third-order valence-corrected chi connectivity index (χ3v) is 2.13. The number of carbonyl (C=O) groups is 2. The molecular formula is C16H27NO3. The first kappa shape index (κ1) is 18.2. The van der Waals surface area contributed by atoms with Gasteiger partial charge in [-0.1, -0.05) is 37.3 Å². The Kier molecular flexibility index (Phi) is 8.29. The molecule has 0 saturated carbocycles. The fraction of sp³-hybridized carbons (Fsp3) is 0.500. The molecule has 0 heterocycles. The van der Waals surface area contributed by atoms with Crippen LogP contribution < -0.4 is 5.32 Å². The molecule has 0 aliphatic heterocycles. The zero-order chi connectivity index (χ0) is 15.6. The normalized spacial score (nSPS) is 10.1. The Labute approximate surface area is 123 Å². The molecule has 4 nitrogen and oxygen atoms in total. The lowest BCUT2D eigenvalue weighted by Gasteiger charge is -2.19. The highest BCUT2D eigenvalue weighted by molar-refractivity contribution is 5.81. The van der Waals surface area contributed by atoms with Crippen LogP contribution in [0.15, 0.2) is 30.3 Å². The van der Waals surface area contributed by atoms with E-state index in [1.54, 1.807) is 20.8 Å². The van der Waals surface area contributed by atoms with E-state index in [-0.39, 0.29) is 13.8 Å². The van der Waals surface area contributed by atoms with Crippen LogP contribution in [0.3, 0.4) is 0 Å². The van der Waals surface area contributed by atoms with Crippen molar-refractivity contribution in [2.75, 3.05) is 6.54 Å². The number of ketones is 1. The molecule has 0 radical (unpaired) electrons. The van der Waals surface area contributed by atoms with E-state index in [0.717, 1.165) is 6.42 Å². The van der Waals surface area contributed by atoms with Crippen molar-refractivity contribution in [1.29, 1.82) is 0 Å². The van der Waals surface area contributed by atoms with E-state index in [2.05, 4.69) is 36.5 Å². The van der Waals surface area contributed by atoms with Gasteiger partial charge in [0.15, 0.2) is 0 Å². The Hall–Kier alpha value is -1.84. The van der Waals surface area contributed by atoms with Crippen LogP contribution in [-0.4, -0.2) is 24.0 Å². The molecule has 0 unspecified atom stereocenters. The molecule has 0 bridgehead atoms. The zero-order valence-corrected chi connectivity index (χ0v) is 13.0. The van der Waals surface area contributed by atoms with Crippen molar-refractivity contribution < 1.29 is 15.8 Å². The average molecular weight is 281 g/mol. The maximum absolute atomic E-state index is 10.9. The van der Waals surface area contributed by atoms with Gasteiger partial charge in [-0.05, 0) is 39.7 Å². The Morgan fingerprint density at radius 1 is 1.20 bits per heavy atom. The molecule has 1 rings (SSSR count). The highest BCUT2D eigenvalue weighted by Gasteiger charge is 2.15. The minimum atomic E-state index is -0.558. The quantitative estimate of drug-likeness (QED) is 0.921. The van der Waals surface area contributed by atoms with Crippen LogP contribution in [0.4, 0.5) is 4.79 Å². The summed E-state index contributed by atoms with van der Waals surface area (Å²) in [7, 11) is 0. The van der Waals surface area contributed by atoms with Gasteiger partial charge < -0.3 is 10.1 Å². The summed E-state index contributed by atoms with van der Waals surface area (Å²) in [5.41, 5.74) is 0.897. The maximum atomic E-state index is 10.9. The zero-order valence-electron chi connectivity index (χ0n) is 13.0. The number of alkyl carbamates (subject to hydrolysis) is 1. The number of ether oxygens (including phenoxy) is 1. The number of amides is 1. The average Bonchev–Trinajstić information content (AvgIpc) is 2.36. The Balaban J connectivity index is 0. The summed E-state index contributed by atoms with van der Waals surface area (Å²) >= 11 is 0. The number of benzene rings is 1.